The van der Waals surface area contributed by atoms with Crippen LogP contribution in [0.3, 0.4) is 0 Å². The van der Waals surface area contributed by atoms with E-state index in [9.17, 15) is 8.42 Å². The van der Waals surface area contributed by atoms with Crippen LogP contribution in [0.1, 0.15) is 36.7 Å². The summed E-state index contributed by atoms with van der Waals surface area (Å²) in [6, 6.07) is 18.5. The number of hydrogen-bond donors (Lipinski definition) is 1. The molecule has 0 spiro atoms. The van der Waals surface area contributed by atoms with Crippen molar-refractivity contribution in [1.29, 1.82) is 0 Å². The Kier molecular flexibility index (Phi) is 4.92. The van der Waals surface area contributed by atoms with E-state index in [1.165, 1.54) is 5.56 Å². The third-order valence-electron chi connectivity index (χ3n) is 4.51. The van der Waals surface area contributed by atoms with Crippen LogP contribution in [0.2, 0.25) is 0 Å². The number of rotatable bonds is 5. The van der Waals surface area contributed by atoms with Gasteiger partial charge in [-0.05, 0) is 73.9 Å². The highest BCUT2D eigenvalue weighted by Gasteiger charge is 2.15. The highest BCUT2D eigenvalue weighted by Crippen LogP contribution is 2.22. The summed E-state index contributed by atoms with van der Waals surface area (Å²) >= 11 is 0. The molecule has 0 atom stereocenters. The topological polar surface area (TPSA) is 51.1 Å². The van der Waals surface area contributed by atoms with Crippen molar-refractivity contribution in [1.82, 2.24) is 4.57 Å². The summed E-state index contributed by atoms with van der Waals surface area (Å²) in [4.78, 5) is 0.247. The first kappa shape index (κ1) is 18.3. The van der Waals surface area contributed by atoms with Crippen LogP contribution in [0.25, 0.3) is 5.69 Å². The summed E-state index contributed by atoms with van der Waals surface area (Å²) < 4.78 is 30.0. The Morgan fingerprint density at radius 3 is 1.85 bits per heavy atom. The number of aryl methyl sites for hydroxylation is 2. The molecule has 1 N–H and O–H groups in total. The first-order chi connectivity index (χ1) is 12.3. The van der Waals surface area contributed by atoms with E-state index in [2.05, 4.69) is 23.1 Å². The summed E-state index contributed by atoms with van der Waals surface area (Å²) in [7, 11) is -3.61. The highest BCUT2D eigenvalue weighted by atomic mass is 32.2. The minimum atomic E-state index is -3.61. The zero-order chi connectivity index (χ0) is 18.9. The third-order valence-corrected chi connectivity index (χ3v) is 5.90. The van der Waals surface area contributed by atoms with Gasteiger partial charge in [-0.15, -0.1) is 0 Å². The van der Waals surface area contributed by atoms with Crippen molar-refractivity contribution in [3.63, 3.8) is 0 Å². The van der Waals surface area contributed by atoms with Gasteiger partial charge >= 0.3 is 0 Å². The molecule has 0 fully saturated rings. The second kappa shape index (κ2) is 7.00. The van der Waals surface area contributed by atoms with Gasteiger partial charge in [-0.2, -0.15) is 0 Å². The predicted molar refractivity (Wildman–Crippen MR) is 107 cm³/mol. The van der Waals surface area contributed by atoms with E-state index in [0.29, 0.717) is 11.6 Å². The largest absolute Gasteiger partial charge is 0.319 e. The maximum Gasteiger partial charge on any atom is 0.261 e. The fraction of sp³-hybridized carbons (Fsp3) is 0.238. The summed E-state index contributed by atoms with van der Waals surface area (Å²) in [6.07, 6.45) is 0. The van der Waals surface area contributed by atoms with Crippen LogP contribution >= 0.6 is 0 Å². The molecule has 3 rings (SSSR count). The molecular weight excluding hydrogens is 344 g/mol. The van der Waals surface area contributed by atoms with E-state index >= 15 is 0 Å². The average molecular weight is 369 g/mol. The van der Waals surface area contributed by atoms with Crippen molar-refractivity contribution < 1.29 is 8.42 Å². The molecule has 3 aromatic rings. The first-order valence-electron chi connectivity index (χ1n) is 8.66. The molecule has 2 aromatic carbocycles. The van der Waals surface area contributed by atoms with Crippen LogP contribution in [-0.4, -0.2) is 13.0 Å². The molecular formula is C21H24N2O2S. The Morgan fingerprint density at radius 2 is 1.35 bits per heavy atom. The van der Waals surface area contributed by atoms with Crippen LogP contribution in [-0.2, 0) is 10.0 Å². The van der Waals surface area contributed by atoms with E-state index in [1.807, 2.05) is 50.2 Å². The third kappa shape index (κ3) is 3.68. The van der Waals surface area contributed by atoms with E-state index < -0.39 is 10.0 Å². The summed E-state index contributed by atoms with van der Waals surface area (Å²) in [6.45, 7) is 8.27. The van der Waals surface area contributed by atoms with Gasteiger partial charge in [-0.25, -0.2) is 8.42 Å². The minimum absolute atomic E-state index is 0.247. The van der Waals surface area contributed by atoms with E-state index in [4.69, 9.17) is 0 Å². The Labute approximate surface area is 155 Å². The Hall–Kier alpha value is -2.53. The maximum absolute atomic E-state index is 12.6. The van der Waals surface area contributed by atoms with Crippen molar-refractivity contribution in [2.75, 3.05) is 4.72 Å². The van der Waals surface area contributed by atoms with Gasteiger partial charge in [0.1, 0.15) is 0 Å². The second-order valence-electron chi connectivity index (χ2n) is 6.83. The number of nitrogens with zero attached hydrogens (tertiary/aromatic N) is 1. The Bertz CT molecular complexity index is 980. The van der Waals surface area contributed by atoms with Crippen molar-refractivity contribution in [2.24, 2.45) is 0 Å². The number of aromatic nitrogens is 1. The molecule has 0 bridgehead atoms. The smallest absolute Gasteiger partial charge is 0.261 e. The second-order valence-corrected chi connectivity index (χ2v) is 8.51. The molecule has 0 aliphatic rings. The molecule has 5 heteroatoms. The Balaban J connectivity index is 1.83. The van der Waals surface area contributed by atoms with Gasteiger partial charge in [0, 0.05) is 22.8 Å². The molecule has 26 heavy (non-hydrogen) atoms. The zero-order valence-electron chi connectivity index (χ0n) is 15.5. The van der Waals surface area contributed by atoms with Gasteiger partial charge in [0.05, 0.1) is 4.90 Å². The van der Waals surface area contributed by atoms with Gasteiger partial charge in [-0.3, -0.25) is 4.72 Å². The zero-order valence-corrected chi connectivity index (χ0v) is 16.3. The highest BCUT2D eigenvalue weighted by molar-refractivity contribution is 7.92. The van der Waals surface area contributed by atoms with Crippen LogP contribution in [0.5, 0.6) is 0 Å². The van der Waals surface area contributed by atoms with Gasteiger partial charge < -0.3 is 4.57 Å². The molecule has 0 saturated carbocycles. The van der Waals surface area contributed by atoms with Crippen molar-refractivity contribution in [3.8, 4) is 5.69 Å². The quantitative estimate of drug-likeness (QED) is 0.687. The lowest BCUT2D eigenvalue weighted by atomic mass is 10.0. The molecule has 1 aromatic heterocycles. The number of benzene rings is 2. The fourth-order valence-corrected chi connectivity index (χ4v) is 4.06. The molecule has 4 nitrogen and oxygen atoms in total. The fourth-order valence-electron chi connectivity index (χ4n) is 3.00. The molecule has 136 valence electrons. The van der Waals surface area contributed by atoms with Crippen molar-refractivity contribution >= 4 is 15.7 Å². The van der Waals surface area contributed by atoms with E-state index in [-0.39, 0.29) is 4.90 Å². The molecule has 1 heterocycles. The van der Waals surface area contributed by atoms with Crippen LogP contribution < -0.4 is 4.72 Å². The monoisotopic (exact) mass is 368 g/mol. The lowest BCUT2D eigenvalue weighted by Gasteiger charge is -2.12. The van der Waals surface area contributed by atoms with E-state index in [1.54, 1.807) is 24.3 Å². The van der Waals surface area contributed by atoms with Gasteiger partial charge in [0.15, 0.2) is 0 Å². The summed E-state index contributed by atoms with van der Waals surface area (Å²) in [5, 5.41) is 0. The molecule has 0 radical (unpaired) electrons. The molecule has 0 aliphatic carbocycles. The predicted octanol–water partition coefficient (Wildman–Crippen LogP) is 5.02. The number of sulfonamides is 1. The summed E-state index contributed by atoms with van der Waals surface area (Å²) in [5.74, 6) is 0.411. The Morgan fingerprint density at radius 1 is 0.808 bits per heavy atom. The maximum atomic E-state index is 12.6. The van der Waals surface area contributed by atoms with Crippen LogP contribution in [0.15, 0.2) is 65.6 Å². The normalized spacial score (nSPS) is 11.7. The molecule has 0 unspecified atom stereocenters. The SMILES string of the molecule is Cc1ccc(C)n1-c1ccc(S(=O)(=O)Nc2ccc(C(C)C)cc2)cc1. The van der Waals surface area contributed by atoms with Gasteiger partial charge in [-0.1, -0.05) is 26.0 Å². The average Bonchev–Trinajstić information content (AvgIpc) is 2.94. The van der Waals surface area contributed by atoms with E-state index in [0.717, 1.165) is 17.1 Å². The van der Waals surface area contributed by atoms with Crippen LogP contribution in [0.4, 0.5) is 5.69 Å². The number of hydrogen-bond acceptors (Lipinski definition) is 2. The first-order valence-corrected chi connectivity index (χ1v) is 10.1. The number of nitrogens with one attached hydrogen (secondary N) is 1. The lowest BCUT2D eigenvalue weighted by molar-refractivity contribution is 0.601. The van der Waals surface area contributed by atoms with Crippen molar-refractivity contribution in [2.45, 2.75) is 38.5 Å². The molecule has 0 aliphatic heterocycles. The van der Waals surface area contributed by atoms with Crippen molar-refractivity contribution in [3.05, 3.63) is 77.6 Å². The summed E-state index contributed by atoms with van der Waals surface area (Å²) in [5.41, 5.74) is 4.92. The van der Waals surface area contributed by atoms with Crippen LogP contribution in [0, 0.1) is 13.8 Å². The van der Waals surface area contributed by atoms with Gasteiger partial charge in [0.25, 0.3) is 10.0 Å². The minimum Gasteiger partial charge on any atom is -0.319 e. The van der Waals surface area contributed by atoms with Gasteiger partial charge in [0.2, 0.25) is 0 Å². The number of anilines is 1. The molecule has 0 amide bonds. The molecule has 0 saturated heterocycles. The standard InChI is InChI=1S/C21H24N2O2S/c1-15(2)18-7-9-19(10-8-18)22-26(24,25)21-13-11-20(12-14-21)23-16(3)5-6-17(23)4/h5-15,22H,1-4H3. The lowest BCUT2D eigenvalue weighted by Crippen LogP contribution is -2.13.